The lowest BCUT2D eigenvalue weighted by atomic mass is 10.1. The molecular formula is C13H17N3O3S. The molecule has 1 atom stereocenters. The van der Waals surface area contributed by atoms with Gasteiger partial charge in [-0.25, -0.2) is 4.98 Å². The van der Waals surface area contributed by atoms with Gasteiger partial charge in [-0.2, -0.15) is 0 Å². The molecule has 108 valence electrons. The van der Waals surface area contributed by atoms with Crippen LogP contribution in [0.25, 0.3) is 10.2 Å². The molecule has 0 spiro atoms. The number of aryl methyl sites for hydroxylation is 1. The average Bonchev–Trinajstić information content (AvgIpc) is 2.77. The Hall–Kier alpha value is -1.73. The normalized spacial score (nSPS) is 12.6. The number of fused-ring (bicyclic) bond motifs is 1. The Morgan fingerprint density at radius 1 is 1.60 bits per heavy atom. The van der Waals surface area contributed by atoms with Gasteiger partial charge in [0.05, 0.1) is 16.6 Å². The number of carbonyl (C=O) groups is 1. The van der Waals surface area contributed by atoms with Crippen molar-refractivity contribution in [3.63, 3.8) is 0 Å². The molecule has 1 amide bonds. The van der Waals surface area contributed by atoms with E-state index in [-0.39, 0.29) is 24.1 Å². The van der Waals surface area contributed by atoms with Gasteiger partial charge < -0.3 is 15.4 Å². The van der Waals surface area contributed by atoms with Gasteiger partial charge in [0.2, 0.25) is 0 Å². The molecule has 3 N–H and O–H groups in total. The fraction of sp³-hybridized carbons (Fsp3) is 0.462. The summed E-state index contributed by atoms with van der Waals surface area (Å²) in [4.78, 5) is 31.7. The molecule has 2 heterocycles. The monoisotopic (exact) mass is 295 g/mol. The summed E-state index contributed by atoms with van der Waals surface area (Å²) < 4.78 is 0. The van der Waals surface area contributed by atoms with Gasteiger partial charge in [0.1, 0.15) is 4.83 Å². The van der Waals surface area contributed by atoms with Crippen molar-refractivity contribution in [3.8, 4) is 0 Å². The first-order valence-electron chi connectivity index (χ1n) is 6.47. The van der Waals surface area contributed by atoms with Crippen molar-refractivity contribution in [2.45, 2.75) is 32.7 Å². The Balaban J connectivity index is 2.33. The molecule has 0 aromatic carbocycles. The number of aromatic nitrogens is 2. The van der Waals surface area contributed by atoms with Gasteiger partial charge >= 0.3 is 0 Å². The highest BCUT2D eigenvalue weighted by atomic mass is 32.1. The molecule has 0 aliphatic heterocycles. The largest absolute Gasteiger partial charge is 0.396 e. The standard InChI is InChI=1S/C13H17N3O3S/c1-3-8(4-5-17)16-12(19)10-7(2)9-11(18)14-6-15-13(9)20-10/h6,8,17H,3-5H2,1-2H3,(H,16,19)(H,14,15,18). The second-order valence-electron chi connectivity index (χ2n) is 4.56. The highest BCUT2D eigenvalue weighted by Gasteiger charge is 2.20. The molecule has 2 aromatic rings. The number of carbonyl (C=O) groups excluding carboxylic acids is 1. The van der Waals surface area contributed by atoms with Crippen LogP contribution in [0.5, 0.6) is 0 Å². The van der Waals surface area contributed by atoms with E-state index in [2.05, 4.69) is 15.3 Å². The van der Waals surface area contributed by atoms with Gasteiger partial charge in [-0.15, -0.1) is 11.3 Å². The van der Waals surface area contributed by atoms with Gasteiger partial charge in [0.15, 0.2) is 0 Å². The zero-order chi connectivity index (χ0) is 14.7. The Morgan fingerprint density at radius 2 is 2.35 bits per heavy atom. The highest BCUT2D eigenvalue weighted by Crippen LogP contribution is 2.26. The summed E-state index contributed by atoms with van der Waals surface area (Å²) in [6.45, 7) is 3.73. The first-order valence-corrected chi connectivity index (χ1v) is 7.28. The molecule has 0 fully saturated rings. The van der Waals surface area contributed by atoms with Crippen LogP contribution in [0.15, 0.2) is 11.1 Å². The van der Waals surface area contributed by atoms with Crippen LogP contribution in [-0.4, -0.2) is 33.6 Å². The number of aromatic amines is 1. The Kier molecular flexibility index (Phi) is 4.51. The van der Waals surface area contributed by atoms with Gasteiger partial charge in [-0.3, -0.25) is 9.59 Å². The second-order valence-corrected chi connectivity index (χ2v) is 5.56. The molecule has 2 rings (SSSR count). The minimum Gasteiger partial charge on any atom is -0.396 e. The quantitative estimate of drug-likeness (QED) is 0.772. The van der Waals surface area contributed by atoms with Crippen molar-refractivity contribution in [1.82, 2.24) is 15.3 Å². The lowest BCUT2D eigenvalue weighted by Gasteiger charge is -2.15. The van der Waals surface area contributed by atoms with E-state index >= 15 is 0 Å². The Morgan fingerprint density at radius 3 is 2.95 bits per heavy atom. The van der Waals surface area contributed by atoms with E-state index in [0.29, 0.717) is 27.1 Å². The first-order chi connectivity index (χ1) is 9.58. The maximum atomic E-state index is 12.3. The number of hydrogen-bond acceptors (Lipinski definition) is 5. The van der Waals surface area contributed by atoms with Crippen molar-refractivity contribution < 1.29 is 9.90 Å². The Bertz CT molecular complexity index is 677. The molecule has 1 unspecified atom stereocenters. The predicted octanol–water partition coefficient (Wildman–Crippen LogP) is 1.18. The van der Waals surface area contributed by atoms with Gasteiger partial charge in [-0.05, 0) is 25.3 Å². The van der Waals surface area contributed by atoms with Crippen LogP contribution in [0.3, 0.4) is 0 Å². The van der Waals surface area contributed by atoms with Crippen LogP contribution >= 0.6 is 11.3 Å². The van der Waals surface area contributed by atoms with Crippen molar-refractivity contribution in [2.24, 2.45) is 0 Å². The number of nitrogens with zero attached hydrogens (tertiary/aromatic N) is 1. The number of hydrogen-bond donors (Lipinski definition) is 3. The SMILES string of the molecule is CCC(CCO)NC(=O)c1sc2nc[nH]c(=O)c2c1C. The molecule has 0 aliphatic rings. The highest BCUT2D eigenvalue weighted by molar-refractivity contribution is 7.20. The molecule has 0 bridgehead atoms. The van der Waals surface area contributed by atoms with E-state index in [0.717, 1.165) is 6.42 Å². The maximum absolute atomic E-state index is 12.3. The van der Waals surface area contributed by atoms with Gasteiger partial charge in [0.25, 0.3) is 11.5 Å². The molecule has 6 nitrogen and oxygen atoms in total. The first kappa shape index (κ1) is 14.7. The number of rotatable bonds is 5. The zero-order valence-corrected chi connectivity index (χ0v) is 12.2. The molecule has 20 heavy (non-hydrogen) atoms. The lowest BCUT2D eigenvalue weighted by Crippen LogP contribution is -2.34. The van der Waals surface area contributed by atoms with E-state index in [4.69, 9.17) is 5.11 Å². The lowest BCUT2D eigenvalue weighted by molar-refractivity contribution is 0.0933. The minimum absolute atomic E-state index is 0.0331. The van der Waals surface area contributed by atoms with E-state index in [9.17, 15) is 9.59 Å². The summed E-state index contributed by atoms with van der Waals surface area (Å²) in [7, 11) is 0. The Labute approximate surface area is 119 Å². The summed E-state index contributed by atoms with van der Waals surface area (Å²) in [6, 6.07) is -0.0663. The third-order valence-electron chi connectivity index (χ3n) is 3.24. The van der Waals surface area contributed by atoms with E-state index in [1.54, 1.807) is 6.92 Å². The third-order valence-corrected chi connectivity index (χ3v) is 4.44. The van der Waals surface area contributed by atoms with E-state index in [1.165, 1.54) is 17.7 Å². The molecule has 0 saturated heterocycles. The summed E-state index contributed by atoms with van der Waals surface area (Å²) in [5.74, 6) is -0.217. The topological polar surface area (TPSA) is 95.1 Å². The van der Waals surface area contributed by atoms with Crippen LogP contribution in [0.4, 0.5) is 0 Å². The molecule has 0 saturated carbocycles. The summed E-state index contributed by atoms with van der Waals surface area (Å²) in [5.41, 5.74) is 0.418. The van der Waals surface area contributed by atoms with Crippen molar-refractivity contribution in [2.75, 3.05) is 6.61 Å². The minimum atomic E-state index is -0.231. The summed E-state index contributed by atoms with van der Waals surface area (Å²) in [5, 5.41) is 12.3. The van der Waals surface area contributed by atoms with E-state index < -0.39 is 0 Å². The van der Waals surface area contributed by atoms with Crippen LogP contribution in [-0.2, 0) is 0 Å². The number of thiophene rings is 1. The van der Waals surface area contributed by atoms with Crippen molar-refractivity contribution in [1.29, 1.82) is 0 Å². The molecule has 7 heteroatoms. The van der Waals surface area contributed by atoms with Crippen molar-refractivity contribution >= 4 is 27.5 Å². The van der Waals surface area contributed by atoms with E-state index in [1.807, 2.05) is 6.92 Å². The number of aliphatic hydroxyl groups is 1. The maximum Gasteiger partial charge on any atom is 0.261 e. The summed E-state index contributed by atoms with van der Waals surface area (Å²) in [6.07, 6.45) is 2.60. The van der Waals surface area contributed by atoms with Crippen LogP contribution < -0.4 is 10.9 Å². The predicted molar refractivity (Wildman–Crippen MR) is 78.2 cm³/mol. The van der Waals surface area contributed by atoms with Crippen LogP contribution in [0, 0.1) is 6.92 Å². The second kappa shape index (κ2) is 6.15. The smallest absolute Gasteiger partial charge is 0.261 e. The van der Waals surface area contributed by atoms with Gasteiger partial charge in [0, 0.05) is 12.6 Å². The fourth-order valence-electron chi connectivity index (χ4n) is 2.08. The zero-order valence-electron chi connectivity index (χ0n) is 11.4. The van der Waals surface area contributed by atoms with Gasteiger partial charge in [-0.1, -0.05) is 6.92 Å². The van der Waals surface area contributed by atoms with Crippen LogP contribution in [0.2, 0.25) is 0 Å². The fourth-order valence-corrected chi connectivity index (χ4v) is 3.13. The number of aliphatic hydroxyl groups excluding tert-OH is 1. The molecule has 0 aliphatic carbocycles. The number of amides is 1. The molecule has 2 aromatic heterocycles. The molecular weight excluding hydrogens is 278 g/mol. The number of H-pyrrole nitrogens is 1. The summed E-state index contributed by atoms with van der Waals surface area (Å²) >= 11 is 1.21. The third kappa shape index (κ3) is 2.73. The van der Waals surface area contributed by atoms with Crippen LogP contribution in [0.1, 0.15) is 35.0 Å². The molecule has 0 radical (unpaired) electrons. The number of nitrogens with one attached hydrogen (secondary N) is 2. The van der Waals surface area contributed by atoms with Crippen molar-refractivity contribution in [3.05, 3.63) is 27.1 Å². The average molecular weight is 295 g/mol.